The minimum atomic E-state index is 0.647. The van der Waals surface area contributed by atoms with Crippen LogP contribution in [-0.2, 0) is 0 Å². The molecule has 3 heteroatoms. The molecular formula is C13H16N2O. The highest BCUT2D eigenvalue weighted by Crippen LogP contribution is 2.17. The van der Waals surface area contributed by atoms with E-state index in [1.807, 2.05) is 25.3 Å². The number of nitrogens with zero attached hydrogens (tertiary/aromatic N) is 2. The van der Waals surface area contributed by atoms with Crippen molar-refractivity contribution in [1.82, 2.24) is 9.55 Å². The Bertz CT molecular complexity index is 452. The fourth-order valence-electron chi connectivity index (χ4n) is 1.81. The number of hydrogen-bond acceptors (Lipinski definition) is 2. The summed E-state index contributed by atoms with van der Waals surface area (Å²) in [5.41, 5.74) is 3.50. The third-order valence-corrected chi connectivity index (χ3v) is 2.54. The minimum absolute atomic E-state index is 0.647. The van der Waals surface area contributed by atoms with Crippen LogP contribution in [0.25, 0.3) is 5.69 Å². The molecule has 2 heterocycles. The highest BCUT2D eigenvalue weighted by atomic mass is 16.5. The van der Waals surface area contributed by atoms with Gasteiger partial charge in [0.2, 0.25) is 5.88 Å². The Labute approximate surface area is 95.7 Å². The molecule has 0 aliphatic carbocycles. The number of aromatic nitrogens is 2. The molecule has 0 unspecified atom stereocenters. The van der Waals surface area contributed by atoms with Crippen molar-refractivity contribution in [2.75, 3.05) is 6.61 Å². The van der Waals surface area contributed by atoms with Gasteiger partial charge in [0.25, 0.3) is 0 Å². The van der Waals surface area contributed by atoms with Crippen molar-refractivity contribution in [2.45, 2.75) is 20.8 Å². The molecule has 0 saturated heterocycles. The molecule has 84 valence electrons. The molecule has 0 saturated carbocycles. The van der Waals surface area contributed by atoms with Crippen LogP contribution in [0.5, 0.6) is 5.88 Å². The Morgan fingerprint density at radius 2 is 1.81 bits per heavy atom. The second-order valence-electron chi connectivity index (χ2n) is 3.74. The summed E-state index contributed by atoms with van der Waals surface area (Å²) < 4.78 is 7.49. The van der Waals surface area contributed by atoms with Crippen LogP contribution in [0.3, 0.4) is 0 Å². The Hall–Kier alpha value is -1.77. The summed E-state index contributed by atoms with van der Waals surface area (Å²) in [4.78, 5) is 4.26. The molecule has 0 spiro atoms. The van der Waals surface area contributed by atoms with Gasteiger partial charge in [0, 0.05) is 17.5 Å². The molecule has 0 aromatic carbocycles. The lowest BCUT2D eigenvalue weighted by Gasteiger charge is -2.09. The van der Waals surface area contributed by atoms with Gasteiger partial charge in [-0.05, 0) is 39.0 Å². The van der Waals surface area contributed by atoms with Crippen LogP contribution in [0, 0.1) is 13.8 Å². The quantitative estimate of drug-likeness (QED) is 0.788. The van der Waals surface area contributed by atoms with Crippen LogP contribution in [-0.4, -0.2) is 16.2 Å². The average molecular weight is 216 g/mol. The van der Waals surface area contributed by atoms with E-state index in [9.17, 15) is 0 Å². The van der Waals surface area contributed by atoms with E-state index in [0.717, 1.165) is 5.69 Å². The van der Waals surface area contributed by atoms with E-state index >= 15 is 0 Å². The number of pyridine rings is 1. The lowest BCUT2D eigenvalue weighted by atomic mass is 10.3. The minimum Gasteiger partial charge on any atom is -0.478 e. The lowest BCUT2D eigenvalue weighted by molar-refractivity contribution is 0.327. The normalized spacial score (nSPS) is 10.4. The van der Waals surface area contributed by atoms with Gasteiger partial charge in [-0.3, -0.25) is 0 Å². The predicted octanol–water partition coefficient (Wildman–Crippen LogP) is 2.89. The fourth-order valence-corrected chi connectivity index (χ4v) is 1.81. The predicted molar refractivity (Wildman–Crippen MR) is 64.2 cm³/mol. The van der Waals surface area contributed by atoms with Crippen LogP contribution in [0.4, 0.5) is 0 Å². The highest BCUT2D eigenvalue weighted by Gasteiger charge is 2.04. The molecule has 3 nitrogen and oxygen atoms in total. The first-order valence-electron chi connectivity index (χ1n) is 5.46. The smallest absolute Gasteiger partial charge is 0.213 e. The Kier molecular flexibility index (Phi) is 2.95. The molecule has 16 heavy (non-hydrogen) atoms. The molecule has 2 rings (SSSR count). The molecule has 0 atom stereocenters. The van der Waals surface area contributed by atoms with E-state index in [-0.39, 0.29) is 0 Å². The van der Waals surface area contributed by atoms with E-state index in [4.69, 9.17) is 4.74 Å². The average Bonchev–Trinajstić information content (AvgIpc) is 2.61. The zero-order valence-corrected chi connectivity index (χ0v) is 9.90. The summed E-state index contributed by atoms with van der Waals surface area (Å²) in [5, 5.41) is 0. The van der Waals surface area contributed by atoms with Gasteiger partial charge in [0.1, 0.15) is 0 Å². The number of rotatable bonds is 3. The van der Waals surface area contributed by atoms with Gasteiger partial charge in [-0.25, -0.2) is 4.98 Å². The first kappa shape index (κ1) is 10.7. The van der Waals surface area contributed by atoms with E-state index < -0.39 is 0 Å². The second-order valence-corrected chi connectivity index (χ2v) is 3.74. The highest BCUT2D eigenvalue weighted by molar-refractivity contribution is 5.37. The number of ether oxygens (including phenoxy) is 1. The van der Waals surface area contributed by atoms with Crippen molar-refractivity contribution >= 4 is 0 Å². The molecule has 2 aromatic heterocycles. The monoisotopic (exact) mass is 216 g/mol. The molecule has 0 aliphatic rings. The number of aryl methyl sites for hydroxylation is 2. The summed E-state index contributed by atoms with van der Waals surface area (Å²) >= 11 is 0. The van der Waals surface area contributed by atoms with Gasteiger partial charge in [-0.2, -0.15) is 0 Å². The SMILES string of the molecule is CCOc1ccc(-n2c(C)ccc2C)cn1. The van der Waals surface area contributed by atoms with Crippen LogP contribution >= 0.6 is 0 Å². The van der Waals surface area contributed by atoms with E-state index in [2.05, 4.69) is 35.5 Å². The number of hydrogen-bond donors (Lipinski definition) is 0. The van der Waals surface area contributed by atoms with Crippen molar-refractivity contribution in [2.24, 2.45) is 0 Å². The zero-order chi connectivity index (χ0) is 11.5. The first-order chi connectivity index (χ1) is 7.72. The summed E-state index contributed by atoms with van der Waals surface area (Å²) in [5.74, 6) is 0.675. The van der Waals surface area contributed by atoms with Crippen LogP contribution in [0.1, 0.15) is 18.3 Å². The molecular weight excluding hydrogens is 200 g/mol. The van der Waals surface area contributed by atoms with E-state index in [1.165, 1.54) is 11.4 Å². The van der Waals surface area contributed by atoms with Crippen molar-refractivity contribution < 1.29 is 4.74 Å². The van der Waals surface area contributed by atoms with E-state index in [0.29, 0.717) is 12.5 Å². The standard InChI is InChI=1S/C13H16N2O/c1-4-16-13-8-7-12(9-14-13)15-10(2)5-6-11(15)3/h5-9H,4H2,1-3H3. The maximum atomic E-state index is 5.32. The summed E-state index contributed by atoms with van der Waals surface area (Å²) in [6.45, 7) is 6.77. The maximum absolute atomic E-state index is 5.32. The zero-order valence-electron chi connectivity index (χ0n) is 9.90. The fraction of sp³-hybridized carbons (Fsp3) is 0.308. The van der Waals surface area contributed by atoms with Gasteiger partial charge in [-0.15, -0.1) is 0 Å². The van der Waals surface area contributed by atoms with Gasteiger partial charge in [0.15, 0.2) is 0 Å². The van der Waals surface area contributed by atoms with Gasteiger partial charge < -0.3 is 9.30 Å². The molecule has 0 bridgehead atoms. The van der Waals surface area contributed by atoms with Gasteiger partial charge >= 0.3 is 0 Å². The second kappa shape index (κ2) is 4.39. The Morgan fingerprint density at radius 1 is 1.12 bits per heavy atom. The van der Waals surface area contributed by atoms with Crippen LogP contribution in [0.2, 0.25) is 0 Å². The van der Waals surface area contributed by atoms with Crippen molar-refractivity contribution in [3.8, 4) is 11.6 Å². The molecule has 2 aromatic rings. The maximum Gasteiger partial charge on any atom is 0.213 e. The third kappa shape index (κ3) is 1.94. The molecule has 0 aliphatic heterocycles. The summed E-state index contributed by atoms with van der Waals surface area (Å²) in [6.07, 6.45) is 1.84. The lowest BCUT2D eigenvalue weighted by Crippen LogP contribution is -2.00. The largest absolute Gasteiger partial charge is 0.478 e. The molecule has 0 amide bonds. The summed E-state index contributed by atoms with van der Waals surface area (Å²) in [6, 6.07) is 8.13. The van der Waals surface area contributed by atoms with E-state index in [1.54, 1.807) is 0 Å². The van der Waals surface area contributed by atoms with Crippen LogP contribution < -0.4 is 4.74 Å². The third-order valence-electron chi connectivity index (χ3n) is 2.54. The van der Waals surface area contributed by atoms with Gasteiger partial charge in [0.05, 0.1) is 18.5 Å². The Balaban J connectivity index is 2.35. The molecule has 0 N–H and O–H groups in total. The van der Waals surface area contributed by atoms with Crippen molar-refractivity contribution in [1.29, 1.82) is 0 Å². The van der Waals surface area contributed by atoms with Gasteiger partial charge in [-0.1, -0.05) is 0 Å². The summed E-state index contributed by atoms with van der Waals surface area (Å²) in [7, 11) is 0. The molecule has 0 fully saturated rings. The first-order valence-corrected chi connectivity index (χ1v) is 5.46. The van der Waals surface area contributed by atoms with Crippen molar-refractivity contribution in [3.05, 3.63) is 41.9 Å². The van der Waals surface area contributed by atoms with Crippen LogP contribution in [0.15, 0.2) is 30.5 Å². The molecule has 0 radical (unpaired) electrons. The topological polar surface area (TPSA) is 27.1 Å². The Morgan fingerprint density at radius 3 is 2.31 bits per heavy atom. The van der Waals surface area contributed by atoms with Crippen molar-refractivity contribution in [3.63, 3.8) is 0 Å².